The van der Waals surface area contributed by atoms with Crippen molar-refractivity contribution in [3.63, 3.8) is 0 Å². The Morgan fingerprint density at radius 2 is 1.67 bits per heavy atom. The molecule has 36 heavy (non-hydrogen) atoms. The molecule has 10 heteroatoms. The Morgan fingerprint density at radius 3 is 2.28 bits per heavy atom. The first-order valence-electron chi connectivity index (χ1n) is 12.9. The number of imidazole rings is 2. The highest BCUT2D eigenvalue weighted by Gasteiger charge is 2.16. The lowest BCUT2D eigenvalue weighted by Gasteiger charge is -2.21. The molecule has 2 heterocycles. The maximum absolute atomic E-state index is 12.8. The summed E-state index contributed by atoms with van der Waals surface area (Å²) in [6, 6.07) is 7.15. The van der Waals surface area contributed by atoms with Crippen molar-refractivity contribution in [1.29, 1.82) is 0 Å². The fourth-order valence-corrected chi connectivity index (χ4v) is 5.34. The molecule has 3 aromatic rings. The number of nitrogens with zero attached hydrogens (tertiary/aromatic N) is 5. The van der Waals surface area contributed by atoms with E-state index in [0.717, 1.165) is 62.5 Å². The van der Waals surface area contributed by atoms with E-state index in [9.17, 15) is 8.42 Å². The summed E-state index contributed by atoms with van der Waals surface area (Å²) < 4.78 is 30.3. The lowest BCUT2D eigenvalue weighted by Crippen LogP contribution is -2.28. The first kappa shape index (κ1) is 28.0. The Balaban J connectivity index is 1.53. The van der Waals surface area contributed by atoms with Crippen LogP contribution in [-0.2, 0) is 36.7 Å². The molecule has 0 radical (unpaired) electrons. The van der Waals surface area contributed by atoms with Crippen LogP contribution in [0.5, 0.6) is 0 Å². The first-order chi connectivity index (χ1) is 17.4. The van der Waals surface area contributed by atoms with Crippen molar-refractivity contribution in [3.05, 3.63) is 66.3 Å². The molecule has 0 aliphatic carbocycles. The Morgan fingerprint density at radius 1 is 0.917 bits per heavy atom. The van der Waals surface area contributed by atoms with Crippen LogP contribution in [-0.4, -0.2) is 63.9 Å². The Hall–Kier alpha value is -2.53. The highest BCUT2D eigenvalue weighted by atomic mass is 32.2. The van der Waals surface area contributed by atoms with Gasteiger partial charge in [0.15, 0.2) is 0 Å². The van der Waals surface area contributed by atoms with Gasteiger partial charge in [0.05, 0.1) is 18.0 Å². The molecule has 0 saturated heterocycles. The van der Waals surface area contributed by atoms with Crippen LogP contribution in [0, 0.1) is 0 Å². The van der Waals surface area contributed by atoms with Crippen LogP contribution in [0.2, 0.25) is 0 Å². The van der Waals surface area contributed by atoms with Crippen molar-refractivity contribution in [3.8, 4) is 0 Å². The van der Waals surface area contributed by atoms with Gasteiger partial charge in [0.1, 0.15) is 11.6 Å². The number of aromatic nitrogens is 4. The number of aryl methyl sites for hydroxylation is 1. The molecule has 0 spiro atoms. The average molecular weight is 516 g/mol. The molecule has 0 aliphatic heterocycles. The van der Waals surface area contributed by atoms with Crippen molar-refractivity contribution < 1.29 is 8.42 Å². The Labute approximate surface area is 216 Å². The van der Waals surface area contributed by atoms with Gasteiger partial charge < -0.3 is 14.5 Å². The number of sulfonamides is 1. The number of benzene rings is 1. The van der Waals surface area contributed by atoms with Crippen molar-refractivity contribution >= 4 is 10.0 Å². The quantitative estimate of drug-likeness (QED) is 0.267. The molecular weight excluding hydrogens is 474 g/mol. The number of nitrogens with one attached hydrogen (secondary N) is 2. The van der Waals surface area contributed by atoms with E-state index in [2.05, 4.69) is 43.3 Å². The third-order valence-electron chi connectivity index (χ3n) is 6.13. The molecule has 2 N–H and O–H groups in total. The van der Waals surface area contributed by atoms with E-state index in [1.807, 2.05) is 36.1 Å². The summed E-state index contributed by atoms with van der Waals surface area (Å²) in [5.74, 6) is 1.83. The van der Waals surface area contributed by atoms with Gasteiger partial charge in [0.25, 0.3) is 0 Å². The van der Waals surface area contributed by atoms with Crippen LogP contribution in [0.4, 0.5) is 0 Å². The van der Waals surface area contributed by atoms with Crippen LogP contribution >= 0.6 is 0 Å². The molecule has 1 aromatic carbocycles. The monoisotopic (exact) mass is 515 g/mol. The molecular formula is C26H41N7O2S. The molecule has 0 amide bonds. The topological polar surface area (TPSA) is 99.2 Å². The number of hydrogen-bond donors (Lipinski definition) is 2. The SMILES string of the molecule is CCCN(CCC)CCCCNS(=O)(=O)c1ccc(CN(Cc2ncc[nH]2)Cc2nccn2C)cc1. The van der Waals surface area contributed by atoms with Gasteiger partial charge >= 0.3 is 0 Å². The summed E-state index contributed by atoms with van der Waals surface area (Å²) in [6.07, 6.45) is 11.4. The summed E-state index contributed by atoms with van der Waals surface area (Å²) in [5.41, 5.74) is 1.03. The summed E-state index contributed by atoms with van der Waals surface area (Å²) in [4.78, 5) is 16.9. The summed E-state index contributed by atoms with van der Waals surface area (Å²) in [6.45, 7) is 10.0. The second-order valence-corrected chi connectivity index (χ2v) is 11.0. The van der Waals surface area contributed by atoms with E-state index in [-0.39, 0.29) is 0 Å². The number of aromatic amines is 1. The second kappa shape index (κ2) is 14.3. The molecule has 9 nitrogen and oxygen atoms in total. The van der Waals surface area contributed by atoms with Gasteiger partial charge in [-0.15, -0.1) is 0 Å². The van der Waals surface area contributed by atoms with Crippen molar-refractivity contribution in [2.75, 3.05) is 26.2 Å². The maximum atomic E-state index is 12.8. The molecule has 198 valence electrons. The fraction of sp³-hybridized carbons (Fsp3) is 0.538. The van der Waals surface area contributed by atoms with Crippen LogP contribution < -0.4 is 4.72 Å². The average Bonchev–Trinajstić information content (AvgIpc) is 3.51. The van der Waals surface area contributed by atoms with Crippen LogP contribution in [0.15, 0.2) is 53.9 Å². The highest BCUT2D eigenvalue weighted by molar-refractivity contribution is 7.89. The van der Waals surface area contributed by atoms with Gasteiger partial charge in [-0.2, -0.15) is 0 Å². The lowest BCUT2D eigenvalue weighted by atomic mass is 10.2. The van der Waals surface area contributed by atoms with Crippen molar-refractivity contribution in [1.82, 2.24) is 34.0 Å². The number of hydrogen-bond acceptors (Lipinski definition) is 6. The Bertz CT molecular complexity index is 1110. The molecule has 2 aromatic heterocycles. The number of H-pyrrole nitrogens is 1. The van der Waals surface area contributed by atoms with Gasteiger partial charge in [0, 0.05) is 44.9 Å². The standard InChI is InChI=1S/C26H41N7O2S/c1-4-16-32(17-5-2)18-7-6-12-30-36(34,35)24-10-8-23(9-11-24)20-33(21-25-27-13-14-28-25)22-26-29-15-19-31(26)3/h8-11,13-15,19,30H,4-7,12,16-18,20-22H2,1-3H3,(H,27,28). The van der Waals surface area contributed by atoms with E-state index >= 15 is 0 Å². The zero-order valence-corrected chi connectivity index (χ0v) is 22.7. The fourth-order valence-electron chi connectivity index (χ4n) is 4.26. The van der Waals surface area contributed by atoms with Crippen LogP contribution in [0.3, 0.4) is 0 Å². The second-order valence-electron chi connectivity index (χ2n) is 9.23. The molecule has 0 fully saturated rings. The molecule has 0 unspecified atom stereocenters. The third-order valence-corrected chi connectivity index (χ3v) is 7.60. The first-order valence-corrected chi connectivity index (χ1v) is 14.4. The molecule has 3 rings (SSSR count). The third kappa shape index (κ3) is 8.85. The van der Waals surface area contributed by atoms with Crippen LogP contribution in [0.1, 0.15) is 56.7 Å². The smallest absolute Gasteiger partial charge is 0.240 e. The van der Waals surface area contributed by atoms with Crippen LogP contribution in [0.25, 0.3) is 0 Å². The van der Waals surface area contributed by atoms with Crippen molar-refractivity contribution in [2.45, 2.75) is 64.1 Å². The summed E-state index contributed by atoms with van der Waals surface area (Å²) in [5, 5.41) is 0. The Kier molecular flexibility index (Phi) is 11.1. The minimum absolute atomic E-state index is 0.298. The molecule has 0 atom stereocenters. The van der Waals surface area contributed by atoms with Gasteiger partial charge in [-0.05, 0) is 63.0 Å². The predicted octanol–water partition coefficient (Wildman–Crippen LogP) is 3.53. The molecule has 0 bridgehead atoms. The number of rotatable bonds is 17. The zero-order chi connectivity index (χ0) is 25.8. The minimum Gasteiger partial charge on any atom is -0.348 e. The normalized spacial score (nSPS) is 12.1. The maximum Gasteiger partial charge on any atom is 0.240 e. The van der Waals surface area contributed by atoms with E-state index in [4.69, 9.17) is 0 Å². The van der Waals surface area contributed by atoms with E-state index in [1.54, 1.807) is 24.5 Å². The zero-order valence-electron chi connectivity index (χ0n) is 21.9. The molecule has 0 aliphatic rings. The van der Waals surface area contributed by atoms with Gasteiger partial charge in [-0.25, -0.2) is 23.1 Å². The number of unbranched alkanes of at least 4 members (excludes halogenated alkanes) is 1. The van der Waals surface area contributed by atoms with E-state index in [1.165, 1.54) is 0 Å². The lowest BCUT2D eigenvalue weighted by molar-refractivity contribution is 0.233. The van der Waals surface area contributed by atoms with Gasteiger partial charge in [-0.1, -0.05) is 26.0 Å². The summed E-state index contributed by atoms with van der Waals surface area (Å²) in [7, 11) is -1.54. The minimum atomic E-state index is -3.52. The van der Waals surface area contributed by atoms with E-state index in [0.29, 0.717) is 31.1 Å². The predicted molar refractivity (Wildman–Crippen MR) is 143 cm³/mol. The highest BCUT2D eigenvalue weighted by Crippen LogP contribution is 2.15. The van der Waals surface area contributed by atoms with Gasteiger partial charge in [0.2, 0.25) is 10.0 Å². The van der Waals surface area contributed by atoms with E-state index < -0.39 is 10.0 Å². The summed E-state index contributed by atoms with van der Waals surface area (Å²) >= 11 is 0. The largest absolute Gasteiger partial charge is 0.348 e. The van der Waals surface area contributed by atoms with Crippen molar-refractivity contribution in [2.24, 2.45) is 7.05 Å². The van der Waals surface area contributed by atoms with Gasteiger partial charge in [-0.3, -0.25) is 4.90 Å². The molecule has 0 saturated carbocycles.